The van der Waals surface area contributed by atoms with Gasteiger partial charge < -0.3 is 4.90 Å². The number of aromatic nitrogens is 3. The zero-order valence-corrected chi connectivity index (χ0v) is 17.7. The maximum absolute atomic E-state index is 13.3. The fourth-order valence-corrected chi connectivity index (χ4v) is 4.16. The molecule has 0 aliphatic rings. The summed E-state index contributed by atoms with van der Waals surface area (Å²) in [5.41, 5.74) is 1.48. The normalized spacial score (nSPS) is 11.7. The van der Waals surface area contributed by atoms with Crippen LogP contribution in [-0.2, 0) is 0 Å². The number of likely N-dealkylation sites (N-methyl/N-ethyl adjacent to an activating group) is 1. The van der Waals surface area contributed by atoms with Gasteiger partial charge in [-0.05, 0) is 52.2 Å². The number of carbonyl (C=O) groups is 1. The Balaban J connectivity index is 2.00. The molecule has 1 aromatic carbocycles. The zero-order chi connectivity index (χ0) is 18.8. The van der Waals surface area contributed by atoms with Gasteiger partial charge in [-0.1, -0.05) is 27.3 Å². The van der Waals surface area contributed by atoms with Crippen LogP contribution in [0.3, 0.4) is 0 Å². The lowest BCUT2D eigenvalue weighted by Crippen LogP contribution is -2.38. The summed E-state index contributed by atoms with van der Waals surface area (Å²) in [6, 6.07) is 7.85. The molecule has 6 nitrogen and oxygen atoms in total. The smallest absolute Gasteiger partial charge is 0.278 e. The Morgan fingerprint density at radius 3 is 2.73 bits per heavy atom. The Hall–Kier alpha value is -1.77. The molecule has 2 aromatic heterocycles. The van der Waals surface area contributed by atoms with Gasteiger partial charge in [-0.2, -0.15) is 5.10 Å². The third-order valence-corrected chi connectivity index (χ3v) is 5.50. The third kappa shape index (κ3) is 3.97. The Morgan fingerprint density at radius 1 is 1.27 bits per heavy atom. The van der Waals surface area contributed by atoms with Crippen molar-refractivity contribution in [1.82, 2.24) is 19.7 Å². The second kappa shape index (κ2) is 7.85. The number of hydrogen-bond acceptors (Lipinski definition) is 5. The van der Waals surface area contributed by atoms with Gasteiger partial charge in [0.2, 0.25) is 0 Å². The number of amides is 1. The lowest BCUT2D eigenvalue weighted by Gasteiger charge is -2.22. The van der Waals surface area contributed by atoms with Gasteiger partial charge in [-0.3, -0.25) is 14.4 Å². The number of halogens is 1. The maximum Gasteiger partial charge on any atom is 0.278 e. The van der Waals surface area contributed by atoms with Gasteiger partial charge in [0.15, 0.2) is 5.13 Å². The van der Waals surface area contributed by atoms with Gasteiger partial charge in [-0.15, -0.1) is 0 Å². The summed E-state index contributed by atoms with van der Waals surface area (Å²) in [5, 5.41) is 5.01. The highest BCUT2D eigenvalue weighted by Crippen LogP contribution is 2.31. The van der Waals surface area contributed by atoms with E-state index in [-0.39, 0.29) is 11.9 Å². The number of carbonyl (C=O) groups excluding carboxylic acids is 1. The molecule has 3 rings (SSSR count). The number of nitrogens with zero attached hydrogens (tertiary/aromatic N) is 5. The highest BCUT2D eigenvalue weighted by molar-refractivity contribution is 9.10. The molecule has 0 radical (unpaired) electrons. The second-order valence-electron chi connectivity index (χ2n) is 6.62. The molecule has 0 atom stereocenters. The van der Waals surface area contributed by atoms with Crippen molar-refractivity contribution in [2.45, 2.75) is 19.9 Å². The molecule has 0 unspecified atom stereocenters. The Kier molecular flexibility index (Phi) is 5.74. The lowest BCUT2D eigenvalue weighted by molar-refractivity contribution is 0.0973. The average molecular weight is 436 g/mol. The Labute approximate surface area is 165 Å². The summed E-state index contributed by atoms with van der Waals surface area (Å²) in [5.74, 6) is -0.0730. The molecule has 3 aromatic rings. The number of hydrogen-bond donors (Lipinski definition) is 0. The predicted octanol–water partition coefficient (Wildman–Crippen LogP) is 4.04. The van der Waals surface area contributed by atoms with Crippen LogP contribution in [0.4, 0.5) is 5.13 Å². The molecule has 0 N–H and O–H groups in total. The summed E-state index contributed by atoms with van der Waals surface area (Å²) in [6.07, 6.45) is 1.67. The minimum Gasteiger partial charge on any atom is -0.308 e. The van der Waals surface area contributed by atoms with Crippen LogP contribution in [0.15, 0.2) is 34.9 Å². The fourth-order valence-electron chi connectivity index (χ4n) is 2.62. The number of thiazole rings is 1. The first-order chi connectivity index (χ1) is 12.4. The Morgan fingerprint density at radius 2 is 2.04 bits per heavy atom. The fraction of sp³-hybridized carbons (Fsp3) is 0.389. The van der Waals surface area contributed by atoms with Crippen molar-refractivity contribution in [3.8, 4) is 0 Å². The van der Waals surface area contributed by atoms with Gasteiger partial charge in [0.1, 0.15) is 5.69 Å². The molecule has 0 spiro atoms. The molecule has 0 saturated carbocycles. The van der Waals surface area contributed by atoms with Crippen LogP contribution in [0, 0.1) is 0 Å². The van der Waals surface area contributed by atoms with Crippen molar-refractivity contribution in [3.05, 3.63) is 40.6 Å². The quantitative estimate of drug-likeness (QED) is 0.585. The van der Waals surface area contributed by atoms with E-state index in [1.54, 1.807) is 21.8 Å². The van der Waals surface area contributed by atoms with Gasteiger partial charge in [0, 0.05) is 29.8 Å². The second-order valence-corrected chi connectivity index (χ2v) is 8.55. The van der Waals surface area contributed by atoms with Crippen molar-refractivity contribution in [3.63, 3.8) is 0 Å². The van der Waals surface area contributed by atoms with Crippen LogP contribution in [0.1, 0.15) is 30.4 Å². The highest BCUT2D eigenvalue weighted by Gasteiger charge is 2.25. The molecule has 0 fully saturated rings. The van der Waals surface area contributed by atoms with Crippen molar-refractivity contribution in [2.24, 2.45) is 0 Å². The van der Waals surface area contributed by atoms with Gasteiger partial charge >= 0.3 is 0 Å². The van der Waals surface area contributed by atoms with E-state index in [9.17, 15) is 4.79 Å². The van der Waals surface area contributed by atoms with Gasteiger partial charge in [0.25, 0.3) is 5.91 Å². The summed E-state index contributed by atoms with van der Waals surface area (Å²) in [4.78, 5) is 21.8. The first kappa shape index (κ1) is 19.0. The molecule has 2 heterocycles. The molecule has 0 aliphatic carbocycles. The monoisotopic (exact) mass is 435 g/mol. The van der Waals surface area contributed by atoms with E-state index in [1.165, 1.54) is 11.3 Å². The predicted molar refractivity (Wildman–Crippen MR) is 110 cm³/mol. The van der Waals surface area contributed by atoms with E-state index in [0.29, 0.717) is 17.4 Å². The van der Waals surface area contributed by atoms with Crippen LogP contribution in [0.5, 0.6) is 0 Å². The molecule has 0 saturated heterocycles. The molecule has 0 aliphatic heterocycles. The first-order valence-electron chi connectivity index (χ1n) is 8.43. The summed E-state index contributed by atoms with van der Waals surface area (Å²) in [7, 11) is 3.99. The van der Waals surface area contributed by atoms with Crippen LogP contribution >= 0.6 is 27.3 Å². The minimum absolute atomic E-state index is 0.0730. The van der Waals surface area contributed by atoms with E-state index in [1.807, 2.05) is 46.1 Å². The molecule has 138 valence electrons. The maximum atomic E-state index is 13.3. The summed E-state index contributed by atoms with van der Waals surface area (Å²) in [6.45, 7) is 5.35. The summed E-state index contributed by atoms with van der Waals surface area (Å²) < 4.78 is 3.81. The number of rotatable bonds is 6. The van der Waals surface area contributed by atoms with Gasteiger partial charge in [0.05, 0.1) is 10.2 Å². The third-order valence-electron chi connectivity index (χ3n) is 3.96. The largest absolute Gasteiger partial charge is 0.308 e. The van der Waals surface area contributed by atoms with E-state index in [0.717, 1.165) is 21.2 Å². The number of anilines is 1. The van der Waals surface area contributed by atoms with Crippen molar-refractivity contribution in [2.75, 3.05) is 32.1 Å². The van der Waals surface area contributed by atoms with Crippen LogP contribution < -0.4 is 4.90 Å². The minimum atomic E-state index is -0.0730. The molecule has 8 heteroatoms. The molecule has 0 bridgehead atoms. The molecular formula is C18H22BrN5OS. The van der Waals surface area contributed by atoms with Crippen molar-refractivity contribution in [1.29, 1.82) is 0 Å². The highest BCUT2D eigenvalue weighted by atomic mass is 79.9. The van der Waals surface area contributed by atoms with Crippen LogP contribution in [0.2, 0.25) is 0 Å². The van der Waals surface area contributed by atoms with E-state index in [4.69, 9.17) is 4.98 Å². The zero-order valence-electron chi connectivity index (χ0n) is 15.3. The first-order valence-corrected chi connectivity index (χ1v) is 10.0. The molecular weight excluding hydrogens is 414 g/mol. The summed E-state index contributed by atoms with van der Waals surface area (Å²) >= 11 is 5.02. The molecule has 26 heavy (non-hydrogen) atoms. The van der Waals surface area contributed by atoms with Crippen molar-refractivity contribution < 1.29 is 4.79 Å². The van der Waals surface area contributed by atoms with E-state index in [2.05, 4.69) is 25.9 Å². The van der Waals surface area contributed by atoms with E-state index < -0.39 is 0 Å². The van der Waals surface area contributed by atoms with E-state index >= 15 is 0 Å². The average Bonchev–Trinajstić information content (AvgIpc) is 3.20. The topological polar surface area (TPSA) is 54.3 Å². The standard InChI is InChI=1S/C18H22BrN5OS/c1-12(2)24-15(7-8-20-24)17(25)23(10-9-22(3)4)18-21-14-6-5-13(19)11-16(14)26-18/h5-8,11-12H,9-10H2,1-4H3. The lowest BCUT2D eigenvalue weighted by atomic mass is 10.3. The van der Waals surface area contributed by atoms with Crippen LogP contribution in [-0.4, -0.2) is 52.8 Å². The number of fused-ring (bicyclic) bond motifs is 1. The van der Waals surface area contributed by atoms with Crippen LogP contribution in [0.25, 0.3) is 10.2 Å². The number of benzene rings is 1. The van der Waals surface area contributed by atoms with Gasteiger partial charge in [-0.25, -0.2) is 4.98 Å². The molecule has 1 amide bonds. The van der Waals surface area contributed by atoms with Crippen molar-refractivity contribution >= 4 is 48.5 Å². The Bertz CT molecular complexity index is 917. The SMILES string of the molecule is CC(C)n1nccc1C(=O)N(CCN(C)C)c1nc2ccc(Br)cc2s1.